The lowest BCUT2D eigenvalue weighted by Gasteiger charge is -2.13. The predicted molar refractivity (Wildman–Crippen MR) is 135 cm³/mol. The Balaban J connectivity index is 0.00000480. The zero-order valence-electron chi connectivity index (χ0n) is 18.0. The molecule has 0 aliphatic rings. The van der Waals surface area contributed by atoms with Crippen molar-refractivity contribution in [2.45, 2.75) is 24.8 Å². The number of benzene rings is 2. The topological polar surface area (TPSA) is 89.0 Å². The van der Waals surface area contributed by atoms with Crippen molar-refractivity contribution in [2.75, 3.05) is 39.2 Å². The Morgan fingerprint density at radius 2 is 1.68 bits per heavy atom. The third-order valence-corrected chi connectivity index (χ3v) is 6.04. The maximum Gasteiger partial charge on any atom is 0.191 e. The SMILES string of the molecule is CCOCCCNC(=NCc1ccc(OC)cc1)NCCS(=O)(=O)c1ccccc1.I. The molecule has 31 heavy (non-hydrogen) atoms. The Bertz CT molecular complexity index is 875. The van der Waals surface area contributed by atoms with Crippen LogP contribution in [0.15, 0.2) is 64.5 Å². The van der Waals surface area contributed by atoms with Gasteiger partial charge in [-0.3, -0.25) is 0 Å². The van der Waals surface area contributed by atoms with Crippen molar-refractivity contribution in [3.8, 4) is 5.75 Å². The molecule has 2 aromatic rings. The van der Waals surface area contributed by atoms with Crippen molar-refractivity contribution in [2.24, 2.45) is 4.99 Å². The molecule has 0 bridgehead atoms. The average molecular weight is 561 g/mol. The van der Waals surface area contributed by atoms with Crippen LogP contribution in [-0.2, 0) is 21.1 Å². The first-order valence-electron chi connectivity index (χ1n) is 10.1. The maximum absolute atomic E-state index is 12.5. The monoisotopic (exact) mass is 561 g/mol. The van der Waals surface area contributed by atoms with E-state index in [2.05, 4.69) is 15.6 Å². The van der Waals surface area contributed by atoms with Crippen molar-refractivity contribution in [3.05, 3.63) is 60.2 Å². The van der Waals surface area contributed by atoms with Gasteiger partial charge in [-0.25, -0.2) is 13.4 Å². The van der Waals surface area contributed by atoms with Crippen LogP contribution in [0.1, 0.15) is 18.9 Å². The van der Waals surface area contributed by atoms with Crippen LogP contribution in [0.3, 0.4) is 0 Å². The van der Waals surface area contributed by atoms with Crippen LogP contribution in [0.2, 0.25) is 0 Å². The lowest BCUT2D eigenvalue weighted by atomic mass is 10.2. The van der Waals surface area contributed by atoms with E-state index in [0.717, 1.165) is 17.7 Å². The quantitative estimate of drug-likeness (QED) is 0.179. The fraction of sp³-hybridized carbons (Fsp3) is 0.409. The number of hydrogen-bond donors (Lipinski definition) is 2. The average Bonchev–Trinajstić information content (AvgIpc) is 2.77. The third-order valence-electron chi connectivity index (χ3n) is 4.31. The second kappa shape index (κ2) is 15.0. The van der Waals surface area contributed by atoms with Crippen LogP contribution in [0.25, 0.3) is 0 Å². The van der Waals surface area contributed by atoms with E-state index in [1.54, 1.807) is 37.4 Å². The van der Waals surface area contributed by atoms with E-state index < -0.39 is 9.84 Å². The van der Waals surface area contributed by atoms with Crippen molar-refractivity contribution < 1.29 is 17.9 Å². The first-order chi connectivity index (χ1) is 14.5. The number of hydrogen-bond acceptors (Lipinski definition) is 5. The molecule has 0 radical (unpaired) electrons. The number of nitrogens with one attached hydrogen (secondary N) is 2. The molecule has 9 heteroatoms. The molecule has 0 saturated heterocycles. The molecular weight excluding hydrogens is 529 g/mol. The normalized spacial score (nSPS) is 11.5. The standard InChI is InChI=1S/C22H31N3O4S.HI/c1-3-29-16-7-14-23-22(25-18-19-10-12-20(28-2)13-11-19)24-15-17-30(26,27)21-8-5-4-6-9-21;/h4-6,8-13H,3,7,14-18H2,1-2H3,(H2,23,24,25);1H. The van der Waals surface area contributed by atoms with E-state index in [0.29, 0.717) is 37.2 Å². The van der Waals surface area contributed by atoms with Gasteiger partial charge in [-0.15, -0.1) is 24.0 Å². The van der Waals surface area contributed by atoms with Crippen LogP contribution in [-0.4, -0.2) is 53.5 Å². The van der Waals surface area contributed by atoms with Gasteiger partial charge in [-0.2, -0.15) is 0 Å². The minimum atomic E-state index is -3.34. The number of sulfone groups is 1. The number of guanidine groups is 1. The van der Waals surface area contributed by atoms with Crippen LogP contribution < -0.4 is 15.4 Å². The van der Waals surface area contributed by atoms with Crippen molar-refractivity contribution in [1.29, 1.82) is 0 Å². The third kappa shape index (κ3) is 10.3. The van der Waals surface area contributed by atoms with Gasteiger partial charge in [0.15, 0.2) is 15.8 Å². The fourth-order valence-electron chi connectivity index (χ4n) is 2.65. The van der Waals surface area contributed by atoms with Gasteiger partial charge in [0.2, 0.25) is 0 Å². The molecule has 0 saturated carbocycles. The van der Waals surface area contributed by atoms with Gasteiger partial charge < -0.3 is 20.1 Å². The van der Waals surface area contributed by atoms with E-state index in [-0.39, 0.29) is 36.3 Å². The molecule has 7 nitrogen and oxygen atoms in total. The molecule has 2 aromatic carbocycles. The van der Waals surface area contributed by atoms with Gasteiger partial charge in [0, 0.05) is 26.3 Å². The van der Waals surface area contributed by atoms with E-state index in [9.17, 15) is 8.42 Å². The van der Waals surface area contributed by atoms with Crippen LogP contribution in [0, 0.1) is 0 Å². The molecule has 0 heterocycles. The highest BCUT2D eigenvalue weighted by Crippen LogP contribution is 2.12. The van der Waals surface area contributed by atoms with Gasteiger partial charge in [-0.05, 0) is 43.2 Å². The number of halogens is 1. The molecule has 0 aliphatic heterocycles. The Labute approximate surface area is 202 Å². The molecule has 0 unspecified atom stereocenters. The molecule has 0 fully saturated rings. The molecular formula is C22H32IN3O4S. The van der Waals surface area contributed by atoms with Crippen molar-refractivity contribution >= 4 is 39.8 Å². The highest BCUT2D eigenvalue weighted by Gasteiger charge is 2.13. The number of rotatable bonds is 12. The van der Waals surface area contributed by atoms with Gasteiger partial charge in [0.05, 0.1) is 24.3 Å². The zero-order valence-corrected chi connectivity index (χ0v) is 21.2. The summed E-state index contributed by atoms with van der Waals surface area (Å²) in [6.45, 7) is 4.72. The summed E-state index contributed by atoms with van der Waals surface area (Å²) in [6.07, 6.45) is 0.833. The summed E-state index contributed by atoms with van der Waals surface area (Å²) >= 11 is 0. The largest absolute Gasteiger partial charge is 0.497 e. The van der Waals surface area contributed by atoms with E-state index in [4.69, 9.17) is 9.47 Å². The van der Waals surface area contributed by atoms with Gasteiger partial charge >= 0.3 is 0 Å². The lowest BCUT2D eigenvalue weighted by Crippen LogP contribution is -2.40. The molecule has 0 amide bonds. The van der Waals surface area contributed by atoms with Crippen molar-refractivity contribution in [3.63, 3.8) is 0 Å². The molecule has 0 spiro atoms. The zero-order chi connectivity index (χ0) is 21.7. The summed E-state index contributed by atoms with van der Waals surface area (Å²) in [6, 6.07) is 16.2. The summed E-state index contributed by atoms with van der Waals surface area (Å²) < 4.78 is 35.4. The van der Waals surface area contributed by atoms with Gasteiger partial charge in [-0.1, -0.05) is 30.3 Å². The summed E-state index contributed by atoms with van der Waals surface area (Å²) in [4.78, 5) is 4.90. The molecule has 2 rings (SSSR count). The second-order valence-corrected chi connectivity index (χ2v) is 8.66. The highest BCUT2D eigenvalue weighted by molar-refractivity contribution is 14.0. The molecule has 0 atom stereocenters. The minimum absolute atomic E-state index is 0. The number of nitrogens with zero attached hydrogens (tertiary/aromatic N) is 1. The maximum atomic E-state index is 12.5. The molecule has 0 aliphatic carbocycles. The van der Waals surface area contributed by atoms with E-state index >= 15 is 0 Å². The van der Waals surface area contributed by atoms with Gasteiger partial charge in [0.25, 0.3) is 0 Å². The van der Waals surface area contributed by atoms with Crippen LogP contribution >= 0.6 is 24.0 Å². The predicted octanol–water partition coefficient (Wildman–Crippen LogP) is 3.25. The van der Waals surface area contributed by atoms with Crippen LogP contribution in [0.5, 0.6) is 5.75 Å². The highest BCUT2D eigenvalue weighted by atomic mass is 127. The first kappa shape index (κ1) is 27.2. The summed E-state index contributed by atoms with van der Waals surface area (Å²) in [5.74, 6) is 1.35. The Morgan fingerprint density at radius 1 is 1.00 bits per heavy atom. The first-order valence-corrected chi connectivity index (χ1v) is 11.7. The Morgan fingerprint density at radius 3 is 2.32 bits per heavy atom. The summed E-state index contributed by atoms with van der Waals surface area (Å²) in [5.41, 5.74) is 1.03. The van der Waals surface area contributed by atoms with Gasteiger partial charge in [0.1, 0.15) is 5.75 Å². The minimum Gasteiger partial charge on any atom is -0.497 e. The summed E-state index contributed by atoms with van der Waals surface area (Å²) in [7, 11) is -1.71. The second-order valence-electron chi connectivity index (χ2n) is 6.55. The lowest BCUT2D eigenvalue weighted by molar-refractivity contribution is 0.145. The number of ether oxygens (including phenoxy) is 2. The Hall–Kier alpha value is -1.85. The molecule has 172 valence electrons. The molecule has 2 N–H and O–H groups in total. The Kier molecular flexibility index (Phi) is 13.2. The smallest absolute Gasteiger partial charge is 0.191 e. The van der Waals surface area contributed by atoms with Crippen LogP contribution in [0.4, 0.5) is 0 Å². The number of aliphatic imine (C=N–C) groups is 1. The molecule has 0 aromatic heterocycles. The van der Waals surface area contributed by atoms with E-state index in [1.165, 1.54) is 0 Å². The fourth-order valence-corrected chi connectivity index (χ4v) is 3.83. The van der Waals surface area contributed by atoms with E-state index in [1.807, 2.05) is 31.2 Å². The summed E-state index contributed by atoms with van der Waals surface area (Å²) in [5, 5.41) is 6.36. The number of methoxy groups -OCH3 is 1. The van der Waals surface area contributed by atoms with Crippen molar-refractivity contribution in [1.82, 2.24) is 10.6 Å².